The van der Waals surface area contributed by atoms with E-state index >= 15 is 0 Å². The average Bonchev–Trinajstić information content (AvgIpc) is 2.76. The van der Waals surface area contributed by atoms with Crippen LogP contribution in [-0.2, 0) is 10.0 Å². The highest BCUT2D eigenvalue weighted by molar-refractivity contribution is 7.89. The van der Waals surface area contributed by atoms with Gasteiger partial charge in [-0.05, 0) is 24.6 Å². The minimum absolute atomic E-state index is 0.0422. The van der Waals surface area contributed by atoms with Crippen molar-refractivity contribution in [1.29, 1.82) is 5.26 Å². The van der Waals surface area contributed by atoms with Gasteiger partial charge < -0.3 is 5.11 Å². The van der Waals surface area contributed by atoms with Gasteiger partial charge in [-0.3, -0.25) is 0 Å². The minimum atomic E-state index is -3.64. The van der Waals surface area contributed by atoms with Crippen LogP contribution in [0.5, 0.6) is 0 Å². The van der Waals surface area contributed by atoms with E-state index in [2.05, 4.69) is 0 Å². The van der Waals surface area contributed by atoms with Crippen molar-refractivity contribution < 1.29 is 13.5 Å². The van der Waals surface area contributed by atoms with Crippen LogP contribution in [0.1, 0.15) is 12.0 Å². The molecule has 1 heterocycles. The maximum atomic E-state index is 12.2. The molecule has 0 radical (unpaired) electrons. The van der Waals surface area contributed by atoms with Gasteiger partial charge in [0.05, 0.1) is 21.6 Å². The van der Waals surface area contributed by atoms with Gasteiger partial charge >= 0.3 is 0 Å². The Balaban J connectivity index is 2.37. The van der Waals surface area contributed by atoms with Gasteiger partial charge in [-0.1, -0.05) is 11.6 Å². The zero-order valence-corrected chi connectivity index (χ0v) is 10.9. The highest BCUT2D eigenvalue weighted by Gasteiger charge is 2.31. The summed E-state index contributed by atoms with van der Waals surface area (Å²) in [6, 6.07) is 5.86. The summed E-state index contributed by atoms with van der Waals surface area (Å²) in [7, 11) is -3.64. The van der Waals surface area contributed by atoms with Gasteiger partial charge in [0.15, 0.2) is 0 Å². The number of halogens is 1. The molecule has 5 nitrogen and oxygen atoms in total. The standard InChI is InChI=1S/C11H11ClN2O3S/c12-11-5-10(2-1-8(11)6-13)18(16,17)14-4-3-9(15)7-14/h1-2,5,9,15H,3-4,7H2/t9-/m1/s1. The number of nitriles is 1. The zero-order valence-electron chi connectivity index (χ0n) is 9.38. The molecule has 0 spiro atoms. The van der Waals surface area contributed by atoms with Crippen molar-refractivity contribution in [2.45, 2.75) is 17.4 Å². The number of aliphatic hydroxyl groups excluding tert-OH is 1. The van der Waals surface area contributed by atoms with Gasteiger partial charge in [-0.25, -0.2) is 8.42 Å². The molecule has 7 heteroatoms. The summed E-state index contributed by atoms with van der Waals surface area (Å²) in [5.74, 6) is 0. The fourth-order valence-electron chi connectivity index (χ4n) is 1.82. The molecule has 1 fully saturated rings. The number of benzene rings is 1. The molecule has 0 aromatic heterocycles. The van der Waals surface area contributed by atoms with E-state index in [-0.39, 0.29) is 22.0 Å². The second-order valence-electron chi connectivity index (χ2n) is 4.06. The first kappa shape index (κ1) is 13.3. The lowest BCUT2D eigenvalue weighted by Gasteiger charge is -2.15. The molecule has 1 N–H and O–H groups in total. The zero-order chi connectivity index (χ0) is 13.3. The van der Waals surface area contributed by atoms with E-state index in [9.17, 15) is 13.5 Å². The van der Waals surface area contributed by atoms with E-state index in [0.29, 0.717) is 13.0 Å². The summed E-state index contributed by atoms with van der Waals surface area (Å²) in [4.78, 5) is 0.0422. The second kappa shape index (κ2) is 4.86. The van der Waals surface area contributed by atoms with E-state index in [1.54, 1.807) is 0 Å². The fourth-order valence-corrected chi connectivity index (χ4v) is 3.63. The van der Waals surface area contributed by atoms with Crippen molar-refractivity contribution in [2.75, 3.05) is 13.1 Å². The quantitative estimate of drug-likeness (QED) is 0.878. The molecule has 1 atom stereocenters. The van der Waals surface area contributed by atoms with Crippen LogP contribution in [-0.4, -0.2) is 37.0 Å². The van der Waals surface area contributed by atoms with Crippen molar-refractivity contribution in [3.8, 4) is 6.07 Å². The van der Waals surface area contributed by atoms with Crippen LogP contribution in [0.2, 0.25) is 5.02 Å². The third-order valence-electron chi connectivity index (χ3n) is 2.82. The van der Waals surface area contributed by atoms with E-state index in [4.69, 9.17) is 16.9 Å². The monoisotopic (exact) mass is 286 g/mol. The number of hydrogen-bond acceptors (Lipinski definition) is 4. The normalized spacial score (nSPS) is 20.8. The molecular formula is C11H11ClN2O3S. The molecule has 0 unspecified atom stereocenters. The summed E-state index contributed by atoms with van der Waals surface area (Å²) >= 11 is 5.82. The Bertz CT molecular complexity index is 609. The van der Waals surface area contributed by atoms with Crippen molar-refractivity contribution >= 4 is 21.6 Å². The van der Waals surface area contributed by atoms with E-state index in [1.165, 1.54) is 22.5 Å². The molecule has 1 saturated heterocycles. The van der Waals surface area contributed by atoms with E-state index in [1.807, 2.05) is 6.07 Å². The lowest BCUT2D eigenvalue weighted by Crippen LogP contribution is -2.29. The maximum absolute atomic E-state index is 12.2. The number of sulfonamides is 1. The van der Waals surface area contributed by atoms with Crippen molar-refractivity contribution in [3.05, 3.63) is 28.8 Å². The van der Waals surface area contributed by atoms with Crippen LogP contribution >= 0.6 is 11.6 Å². The predicted octanol–water partition coefficient (Wildman–Crippen LogP) is 0.967. The second-order valence-corrected chi connectivity index (χ2v) is 6.40. The summed E-state index contributed by atoms with van der Waals surface area (Å²) in [6.07, 6.45) is -0.183. The average molecular weight is 287 g/mol. The smallest absolute Gasteiger partial charge is 0.243 e. The molecule has 1 aliphatic rings. The first-order valence-corrected chi connectivity index (χ1v) is 7.15. The molecule has 18 heavy (non-hydrogen) atoms. The fraction of sp³-hybridized carbons (Fsp3) is 0.364. The van der Waals surface area contributed by atoms with Crippen LogP contribution in [0.3, 0.4) is 0 Å². The van der Waals surface area contributed by atoms with Gasteiger partial charge in [0.25, 0.3) is 0 Å². The largest absolute Gasteiger partial charge is 0.392 e. The summed E-state index contributed by atoms with van der Waals surface area (Å²) in [5, 5.41) is 18.2. The lowest BCUT2D eigenvalue weighted by molar-refractivity contribution is 0.189. The molecule has 1 aromatic carbocycles. The van der Waals surface area contributed by atoms with E-state index < -0.39 is 16.1 Å². The van der Waals surface area contributed by atoms with Crippen LogP contribution in [0.4, 0.5) is 0 Å². The van der Waals surface area contributed by atoms with Gasteiger partial charge in [0, 0.05) is 13.1 Å². The van der Waals surface area contributed by atoms with Gasteiger partial charge in [0.2, 0.25) is 10.0 Å². The molecule has 0 aliphatic carbocycles. The third-order valence-corrected chi connectivity index (χ3v) is 5.00. The lowest BCUT2D eigenvalue weighted by atomic mass is 10.2. The molecule has 0 amide bonds. The number of β-amino-alcohol motifs (C(OH)–C–C–N with tert-alkyl or cyclic N) is 1. The topological polar surface area (TPSA) is 81.4 Å². The molecule has 0 saturated carbocycles. The Morgan fingerprint density at radius 1 is 1.50 bits per heavy atom. The number of hydrogen-bond donors (Lipinski definition) is 1. The van der Waals surface area contributed by atoms with Gasteiger partial charge in [0.1, 0.15) is 6.07 Å². The van der Waals surface area contributed by atoms with Crippen LogP contribution < -0.4 is 0 Å². The molecule has 1 aliphatic heterocycles. The summed E-state index contributed by atoms with van der Waals surface area (Å²) in [6.45, 7) is 0.390. The SMILES string of the molecule is N#Cc1ccc(S(=O)(=O)N2CC[C@@H](O)C2)cc1Cl. The molecular weight excluding hydrogens is 276 g/mol. The number of rotatable bonds is 2. The highest BCUT2D eigenvalue weighted by atomic mass is 35.5. The van der Waals surface area contributed by atoms with E-state index in [0.717, 1.165) is 0 Å². The number of nitrogens with zero attached hydrogens (tertiary/aromatic N) is 2. The third kappa shape index (κ3) is 2.35. The van der Waals surface area contributed by atoms with Crippen LogP contribution in [0.25, 0.3) is 0 Å². The summed E-state index contributed by atoms with van der Waals surface area (Å²) < 4.78 is 25.6. The van der Waals surface area contributed by atoms with Crippen molar-refractivity contribution in [2.24, 2.45) is 0 Å². The Morgan fingerprint density at radius 3 is 2.72 bits per heavy atom. The highest BCUT2D eigenvalue weighted by Crippen LogP contribution is 2.25. The Morgan fingerprint density at radius 2 is 2.22 bits per heavy atom. The maximum Gasteiger partial charge on any atom is 0.243 e. The van der Waals surface area contributed by atoms with Crippen molar-refractivity contribution in [1.82, 2.24) is 4.31 Å². The summed E-state index contributed by atoms with van der Waals surface area (Å²) in [5.41, 5.74) is 0.233. The van der Waals surface area contributed by atoms with Crippen LogP contribution in [0, 0.1) is 11.3 Å². The Labute approximate surface area is 110 Å². The Kier molecular flexibility index (Phi) is 3.59. The predicted molar refractivity (Wildman–Crippen MR) is 65.5 cm³/mol. The Hall–Kier alpha value is -1.13. The molecule has 0 bridgehead atoms. The van der Waals surface area contributed by atoms with Crippen molar-refractivity contribution in [3.63, 3.8) is 0 Å². The van der Waals surface area contributed by atoms with Crippen LogP contribution in [0.15, 0.2) is 23.1 Å². The first-order chi connectivity index (χ1) is 8.45. The molecule has 96 valence electrons. The van der Waals surface area contributed by atoms with Gasteiger partial charge in [-0.15, -0.1) is 0 Å². The molecule has 1 aromatic rings. The number of aliphatic hydroxyl groups is 1. The van der Waals surface area contributed by atoms with Gasteiger partial charge in [-0.2, -0.15) is 9.57 Å². The first-order valence-electron chi connectivity index (χ1n) is 5.33. The molecule has 2 rings (SSSR count). The minimum Gasteiger partial charge on any atom is -0.392 e.